The molecule has 0 spiro atoms. The van der Waals surface area contributed by atoms with E-state index in [1.165, 1.54) is 32.1 Å². The maximum absolute atomic E-state index is 12.0. The molecule has 0 aromatic heterocycles. The number of hydrogen-bond acceptors (Lipinski definition) is 4. The molecule has 1 unspecified atom stereocenters. The van der Waals surface area contributed by atoms with Crippen molar-refractivity contribution in [3.05, 3.63) is 0 Å². The SMILES string of the molecule is CCNC(=NCCCC1CCCC1)NCCC(=O)NC1CCS(=O)(=O)C1.I. The van der Waals surface area contributed by atoms with Crippen molar-refractivity contribution in [1.29, 1.82) is 0 Å². The van der Waals surface area contributed by atoms with Gasteiger partial charge in [-0.15, -0.1) is 24.0 Å². The van der Waals surface area contributed by atoms with Crippen molar-refractivity contribution in [3.63, 3.8) is 0 Å². The van der Waals surface area contributed by atoms with E-state index in [2.05, 4.69) is 20.9 Å². The summed E-state index contributed by atoms with van der Waals surface area (Å²) in [6.45, 7) is 4.08. The number of amides is 1. The van der Waals surface area contributed by atoms with Crippen LogP contribution in [0.15, 0.2) is 4.99 Å². The lowest BCUT2D eigenvalue weighted by Crippen LogP contribution is -2.41. The third-order valence-electron chi connectivity index (χ3n) is 5.10. The van der Waals surface area contributed by atoms with Gasteiger partial charge < -0.3 is 16.0 Å². The highest BCUT2D eigenvalue weighted by Gasteiger charge is 2.28. The summed E-state index contributed by atoms with van der Waals surface area (Å²) in [4.78, 5) is 16.5. The topological polar surface area (TPSA) is 99.7 Å². The molecule has 0 bridgehead atoms. The smallest absolute Gasteiger partial charge is 0.222 e. The van der Waals surface area contributed by atoms with Crippen molar-refractivity contribution in [2.24, 2.45) is 10.9 Å². The van der Waals surface area contributed by atoms with Crippen LogP contribution >= 0.6 is 24.0 Å². The molecular formula is C18H35IN4O3S. The first-order valence-electron chi connectivity index (χ1n) is 10.0. The fraction of sp³-hybridized carbons (Fsp3) is 0.889. The van der Waals surface area contributed by atoms with Crippen molar-refractivity contribution < 1.29 is 13.2 Å². The third kappa shape index (κ3) is 9.96. The maximum atomic E-state index is 12.0. The van der Waals surface area contributed by atoms with Crippen LogP contribution in [0.25, 0.3) is 0 Å². The molecule has 2 aliphatic rings. The summed E-state index contributed by atoms with van der Waals surface area (Å²) in [6.07, 6.45) is 8.71. The monoisotopic (exact) mass is 514 g/mol. The highest BCUT2D eigenvalue weighted by Crippen LogP contribution is 2.28. The minimum atomic E-state index is -2.96. The highest BCUT2D eigenvalue weighted by atomic mass is 127. The molecule has 1 saturated heterocycles. The van der Waals surface area contributed by atoms with Crippen LogP contribution in [0, 0.1) is 5.92 Å². The van der Waals surface area contributed by atoms with E-state index >= 15 is 0 Å². The maximum Gasteiger partial charge on any atom is 0.222 e. The van der Waals surface area contributed by atoms with Gasteiger partial charge in [0.2, 0.25) is 5.91 Å². The number of halogens is 1. The van der Waals surface area contributed by atoms with Gasteiger partial charge in [-0.2, -0.15) is 0 Å². The lowest BCUT2D eigenvalue weighted by molar-refractivity contribution is -0.121. The number of hydrogen-bond donors (Lipinski definition) is 3. The molecule has 9 heteroatoms. The van der Waals surface area contributed by atoms with E-state index in [1.807, 2.05) is 6.92 Å². The molecule has 2 rings (SSSR count). The molecule has 7 nitrogen and oxygen atoms in total. The lowest BCUT2D eigenvalue weighted by atomic mass is 10.0. The fourth-order valence-corrected chi connectivity index (χ4v) is 5.39. The summed E-state index contributed by atoms with van der Waals surface area (Å²) < 4.78 is 22.8. The van der Waals surface area contributed by atoms with Crippen molar-refractivity contribution in [2.75, 3.05) is 31.1 Å². The molecule has 1 amide bonds. The Morgan fingerprint density at radius 3 is 2.52 bits per heavy atom. The van der Waals surface area contributed by atoms with Crippen LogP contribution in [0.4, 0.5) is 0 Å². The Morgan fingerprint density at radius 1 is 1.15 bits per heavy atom. The van der Waals surface area contributed by atoms with E-state index in [1.54, 1.807) is 0 Å². The van der Waals surface area contributed by atoms with Crippen LogP contribution in [0.3, 0.4) is 0 Å². The van der Waals surface area contributed by atoms with Gasteiger partial charge in [-0.3, -0.25) is 9.79 Å². The summed E-state index contributed by atoms with van der Waals surface area (Å²) >= 11 is 0. The van der Waals surface area contributed by atoms with Crippen LogP contribution in [0.1, 0.15) is 58.3 Å². The minimum absolute atomic E-state index is 0. The Balaban J connectivity index is 0.00000364. The molecule has 0 aromatic rings. The standard InChI is InChI=1S/C18H34N4O3S.HI/c1-2-19-18(20-11-5-8-15-6-3-4-7-15)21-12-9-17(23)22-16-10-13-26(24,25)14-16;/h15-16H,2-14H2,1H3,(H,22,23)(H2,19,20,21);1H. The number of carbonyl (C=O) groups is 1. The quantitative estimate of drug-likeness (QED) is 0.189. The molecule has 2 fully saturated rings. The highest BCUT2D eigenvalue weighted by molar-refractivity contribution is 14.0. The van der Waals surface area contributed by atoms with Crippen LogP contribution in [0.5, 0.6) is 0 Å². The number of nitrogens with zero attached hydrogens (tertiary/aromatic N) is 1. The summed E-state index contributed by atoms with van der Waals surface area (Å²) in [7, 11) is -2.96. The first-order chi connectivity index (χ1) is 12.5. The Hall–Kier alpha value is -0.580. The second-order valence-corrected chi connectivity index (χ2v) is 9.63. The molecule has 3 N–H and O–H groups in total. The van der Waals surface area contributed by atoms with E-state index in [-0.39, 0.29) is 47.4 Å². The number of sulfone groups is 1. The Labute approximate surface area is 180 Å². The molecule has 1 aliphatic carbocycles. The van der Waals surface area contributed by atoms with Gasteiger partial charge in [0.1, 0.15) is 0 Å². The van der Waals surface area contributed by atoms with Gasteiger partial charge in [0.05, 0.1) is 11.5 Å². The van der Waals surface area contributed by atoms with Crippen LogP contribution in [-0.2, 0) is 14.6 Å². The van der Waals surface area contributed by atoms with Crippen LogP contribution in [0.2, 0.25) is 0 Å². The third-order valence-corrected chi connectivity index (χ3v) is 6.87. The molecule has 0 radical (unpaired) electrons. The van der Waals surface area contributed by atoms with E-state index in [4.69, 9.17) is 0 Å². The largest absolute Gasteiger partial charge is 0.357 e. The molecule has 0 aromatic carbocycles. The lowest BCUT2D eigenvalue weighted by Gasteiger charge is -2.13. The Morgan fingerprint density at radius 2 is 1.89 bits per heavy atom. The average molecular weight is 514 g/mol. The van der Waals surface area contributed by atoms with Crippen LogP contribution < -0.4 is 16.0 Å². The number of rotatable bonds is 9. The van der Waals surface area contributed by atoms with Gasteiger partial charge in [-0.05, 0) is 32.1 Å². The predicted molar refractivity (Wildman–Crippen MR) is 120 cm³/mol. The number of carbonyl (C=O) groups excluding carboxylic acids is 1. The Kier molecular flexibility index (Phi) is 11.6. The second kappa shape index (κ2) is 12.8. The van der Waals surface area contributed by atoms with Gasteiger partial charge >= 0.3 is 0 Å². The fourth-order valence-electron chi connectivity index (χ4n) is 3.71. The van der Waals surface area contributed by atoms with Crippen molar-refractivity contribution in [1.82, 2.24) is 16.0 Å². The van der Waals surface area contributed by atoms with Crippen LogP contribution in [-0.4, -0.2) is 57.5 Å². The van der Waals surface area contributed by atoms with Gasteiger partial charge in [0.25, 0.3) is 0 Å². The summed E-state index contributed by atoms with van der Waals surface area (Å²) in [5, 5.41) is 9.18. The zero-order chi connectivity index (χ0) is 18.8. The minimum Gasteiger partial charge on any atom is -0.357 e. The zero-order valence-electron chi connectivity index (χ0n) is 16.3. The first-order valence-corrected chi connectivity index (χ1v) is 11.8. The van der Waals surface area contributed by atoms with Gasteiger partial charge in [-0.1, -0.05) is 25.7 Å². The van der Waals surface area contributed by atoms with E-state index in [0.29, 0.717) is 19.4 Å². The van der Waals surface area contributed by atoms with E-state index in [0.717, 1.165) is 31.4 Å². The van der Waals surface area contributed by atoms with Crippen molar-refractivity contribution in [3.8, 4) is 0 Å². The first kappa shape index (κ1) is 24.5. The second-order valence-electron chi connectivity index (χ2n) is 7.40. The van der Waals surface area contributed by atoms with E-state index < -0.39 is 9.84 Å². The van der Waals surface area contributed by atoms with Gasteiger partial charge in [0.15, 0.2) is 15.8 Å². The van der Waals surface area contributed by atoms with E-state index in [9.17, 15) is 13.2 Å². The molecular weight excluding hydrogens is 479 g/mol. The summed E-state index contributed by atoms with van der Waals surface area (Å²) in [6, 6.07) is -0.231. The molecule has 1 saturated carbocycles. The summed E-state index contributed by atoms with van der Waals surface area (Å²) in [5.74, 6) is 1.77. The summed E-state index contributed by atoms with van der Waals surface area (Å²) in [5.41, 5.74) is 0. The number of aliphatic imine (C=N–C) groups is 1. The van der Waals surface area contributed by atoms with Gasteiger partial charge in [0, 0.05) is 32.1 Å². The number of guanidine groups is 1. The number of nitrogens with one attached hydrogen (secondary N) is 3. The Bertz CT molecular complexity index is 577. The molecule has 1 atom stereocenters. The zero-order valence-corrected chi connectivity index (χ0v) is 19.5. The molecule has 27 heavy (non-hydrogen) atoms. The average Bonchev–Trinajstić information content (AvgIpc) is 3.21. The molecule has 158 valence electrons. The van der Waals surface area contributed by atoms with Gasteiger partial charge in [-0.25, -0.2) is 8.42 Å². The normalized spacial score (nSPS) is 22.3. The molecule has 1 aliphatic heterocycles. The van der Waals surface area contributed by atoms with Crippen molar-refractivity contribution in [2.45, 2.75) is 64.3 Å². The van der Waals surface area contributed by atoms with Crippen molar-refractivity contribution >= 4 is 45.7 Å². The molecule has 1 heterocycles. The predicted octanol–water partition coefficient (Wildman–Crippen LogP) is 1.82.